The number of hydrogen-bond donors (Lipinski definition) is 0. The van der Waals surface area contributed by atoms with Gasteiger partial charge in [-0.15, -0.1) is 0 Å². The molecule has 5 heteroatoms. The molecule has 9 aromatic rings. The molecule has 0 atom stereocenters. The molecule has 0 aliphatic heterocycles. The van der Waals surface area contributed by atoms with E-state index in [2.05, 4.69) is 141 Å². The summed E-state index contributed by atoms with van der Waals surface area (Å²) in [4.78, 5) is 15.4. The van der Waals surface area contributed by atoms with E-state index in [0.29, 0.717) is 17.6 Å². The fourth-order valence-corrected chi connectivity index (χ4v) is 7.76. The van der Waals surface area contributed by atoms with Crippen molar-refractivity contribution in [1.29, 1.82) is 0 Å². The number of nitrogens with zero attached hydrogens (tertiary/aromatic N) is 4. The molecule has 6 aromatic carbocycles. The highest BCUT2D eigenvalue weighted by atomic mass is 16.3. The van der Waals surface area contributed by atoms with Crippen LogP contribution in [-0.4, -0.2) is 19.5 Å². The molecule has 0 spiro atoms. The van der Waals surface area contributed by atoms with Gasteiger partial charge < -0.3 is 4.42 Å². The molecule has 49 heavy (non-hydrogen) atoms. The van der Waals surface area contributed by atoms with Gasteiger partial charge in [0.2, 0.25) is 5.95 Å². The minimum absolute atomic E-state index is 0.244. The van der Waals surface area contributed by atoms with Gasteiger partial charge in [0.1, 0.15) is 11.2 Å². The van der Waals surface area contributed by atoms with Crippen LogP contribution in [-0.2, 0) is 5.41 Å². The number of rotatable bonds is 3. The Morgan fingerprint density at radius 2 is 1.08 bits per heavy atom. The Balaban J connectivity index is 1.25. The van der Waals surface area contributed by atoms with Gasteiger partial charge in [-0.25, -0.2) is 4.98 Å². The van der Waals surface area contributed by atoms with Gasteiger partial charge in [-0.3, -0.25) is 4.57 Å². The van der Waals surface area contributed by atoms with Gasteiger partial charge in [-0.2, -0.15) is 9.97 Å². The average molecular weight is 633 g/mol. The molecule has 0 radical (unpaired) electrons. The molecule has 5 nitrogen and oxygen atoms in total. The Hall–Kier alpha value is -6.07. The quantitative estimate of drug-likeness (QED) is 0.194. The first-order valence-electron chi connectivity index (χ1n) is 16.8. The van der Waals surface area contributed by atoms with Gasteiger partial charge in [-0.05, 0) is 72.5 Å². The number of aromatic nitrogens is 4. The van der Waals surface area contributed by atoms with Gasteiger partial charge in [0.15, 0.2) is 11.6 Å². The molecule has 0 saturated carbocycles. The van der Waals surface area contributed by atoms with Crippen LogP contribution < -0.4 is 0 Å². The highest BCUT2D eigenvalue weighted by molar-refractivity contribution is 6.13. The Kier molecular flexibility index (Phi) is 5.70. The van der Waals surface area contributed by atoms with Crippen molar-refractivity contribution >= 4 is 43.7 Å². The van der Waals surface area contributed by atoms with Crippen LogP contribution in [0.4, 0.5) is 0 Å². The third-order valence-electron chi connectivity index (χ3n) is 10.4. The second-order valence-electron chi connectivity index (χ2n) is 13.9. The SMILES string of the molecule is Cc1ccc(-c2nc(-c3ccc(C)cc3)nc(-n3c4ccccc4c4cc5c(cc43)C(C)(C)c3cc4oc6ccccc6c4cc3-5)n2)cc1. The molecule has 10 rings (SSSR count). The number of fused-ring (bicyclic) bond motifs is 9. The van der Waals surface area contributed by atoms with E-state index in [0.717, 1.165) is 49.5 Å². The standard InChI is InChI=1S/C44H32N4O/c1-25-13-17-27(18-14-25)41-45-42(28-19-15-26(2)16-20-28)47-43(46-41)48-37-11-7-5-9-29(37)33-21-31-32-22-34-30-10-6-8-12-39(30)49-40(34)24-36(32)44(3,4)35(31)23-38(33)48/h5-24H,1-4H3. The normalized spacial score (nSPS) is 13.5. The van der Waals surface area contributed by atoms with Crippen LogP contribution in [0.3, 0.4) is 0 Å². The molecule has 0 N–H and O–H groups in total. The Morgan fingerprint density at radius 1 is 0.510 bits per heavy atom. The van der Waals surface area contributed by atoms with Crippen LogP contribution in [0, 0.1) is 13.8 Å². The fourth-order valence-electron chi connectivity index (χ4n) is 7.76. The summed E-state index contributed by atoms with van der Waals surface area (Å²) in [6, 6.07) is 43.0. The van der Waals surface area contributed by atoms with Crippen molar-refractivity contribution in [1.82, 2.24) is 19.5 Å². The first kappa shape index (κ1) is 28.0. The van der Waals surface area contributed by atoms with Crippen molar-refractivity contribution in [3.63, 3.8) is 0 Å². The summed E-state index contributed by atoms with van der Waals surface area (Å²) in [6.07, 6.45) is 0. The number of furan rings is 1. The molecule has 1 aliphatic carbocycles. The largest absolute Gasteiger partial charge is 0.456 e. The predicted octanol–water partition coefficient (Wildman–Crippen LogP) is 11.1. The van der Waals surface area contributed by atoms with Crippen molar-refractivity contribution in [2.45, 2.75) is 33.1 Å². The molecule has 0 saturated heterocycles. The smallest absolute Gasteiger partial charge is 0.238 e. The highest BCUT2D eigenvalue weighted by Gasteiger charge is 2.37. The second kappa shape index (κ2) is 9.97. The molecular formula is C44H32N4O. The van der Waals surface area contributed by atoms with E-state index in [9.17, 15) is 0 Å². The maximum absolute atomic E-state index is 6.35. The number of aryl methyl sites for hydroxylation is 2. The van der Waals surface area contributed by atoms with E-state index in [1.807, 2.05) is 12.1 Å². The molecule has 1 aliphatic rings. The van der Waals surface area contributed by atoms with E-state index in [1.54, 1.807) is 0 Å². The number of hydrogen-bond acceptors (Lipinski definition) is 4. The summed E-state index contributed by atoms with van der Waals surface area (Å²) in [5.41, 5.74) is 13.1. The fraction of sp³-hybridized carbons (Fsp3) is 0.114. The minimum atomic E-state index is -0.244. The Labute approximate surface area is 283 Å². The van der Waals surface area contributed by atoms with Crippen LogP contribution in [0.5, 0.6) is 0 Å². The summed E-state index contributed by atoms with van der Waals surface area (Å²) in [5, 5.41) is 4.63. The van der Waals surface area contributed by atoms with Gasteiger partial charge in [0, 0.05) is 38.1 Å². The zero-order chi connectivity index (χ0) is 33.0. The topological polar surface area (TPSA) is 56.7 Å². The Morgan fingerprint density at radius 3 is 1.76 bits per heavy atom. The van der Waals surface area contributed by atoms with E-state index in [4.69, 9.17) is 19.4 Å². The lowest BCUT2D eigenvalue weighted by Crippen LogP contribution is -2.15. The van der Waals surface area contributed by atoms with Crippen molar-refractivity contribution < 1.29 is 4.42 Å². The van der Waals surface area contributed by atoms with Crippen LogP contribution >= 0.6 is 0 Å². The molecule has 3 aromatic heterocycles. The predicted molar refractivity (Wildman–Crippen MR) is 199 cm³/mol. The summed E-state index contributed by atoms with van der Waals surface area (Å²) >= 11 is 0. The van der Waals surface area contributed by atoms with Crippen LogP contribution in [0.2, 0.25) is 0 Å². The number of para-hydroxylation sites is 2. The zero-order valence-corrected chi connectivity index (χ0v) is 27.7. The highest BCUT2D eigenvalue weighted by Crippen LogP contribution is 2.52. The Bertz CT molecular complexity index is 2740. The lowest BCUT2D eigenvalue weighted by atomic mass is 9.82. The monoisotopic (exact) mass is 632 g/mol. The van der Waals surface area contributed by atoms with E-state index >= 15 is 0 Å². The molecule has 234 valence electrons. The van der Waals surface area contributed by atoms with Gasteiger partial charge in [0.05, 0.1) is 11.0 Å². The molecule has 0 amide bonds. The second-order valence-corrected chi connectivity index (χ2v) is 13.9. The van der Waals surface area contributed by atoms with Crippen LogP contribution in [0.15, 0.2) is 126 Å². The third kappa shape index (κ3) is 4.08. The molecule has 3 heterocycles. The molecule has 0 unspecified atom stereocenters. The van der Waals surface area contributed by atoms with Crippen LogP contribution in [0.1, 0.15) is 36.1 Å². The van der Waals surface area contributed by atoms with Gasteiger partial charge >= 0.3 is 0 Å². The first-order valence-corrected chi connectivity index (χ1v) is 16.8. The summed E-state index contributed by atoms with van der Waals surface area (Å²) < 4.78 is 8.57. The van der Waals surface area contributed by atoms with Crippen molar-refractivity contribution in [2.75, 3.05) is 0 Å². The van der Waals surface area contributed by atoms with Crippen molar-refractivity contribution in [3.8, 4) is 39.9 Å². The van der Waals surface area contributed by atoms with Crippen LogP contribution in [0.25, 0.3) is 83.6 Å². The lowest BCUT2D eigenvalue weighted by Gasteiger charge is -2.21. The maximum atomic E-state index is 6.35. The molecule has 0 fully saturated rings. The van der Waals surface area contributed by atoms with Gasteiger partial charge in [-0.1, -0.05) is 110 Å². The first-order chi connectivity index (χ1) is 23.8. The summed E-state index contributed by atoms with van der Waals surface area (Å²) in [5.74, 6) is 1.90. The number of benzene rings is 6. The average Bonchev–Trinajstić information content (AvgIpc) is 3.72. The maximum Gasteiger partial charge on any atom is 0.238 e. The zero-order valence-electron chi connectivity index (χ0n) is 27.7. The van der Waals surface area contributed by atoms with E-state index in [-0.39, 0.29) is 5.41 Å². The van der Waals surface area contributed by atoms with E-state index in [1.165, 1.54) is 38.8 Å². The van der Waals surface area contributed by atoms with Crippen molar-refractivity contribution in [3.05, 3.63) is 144 Å². The summed E-state index contributed by atoms with van der Waals surface area (Å²) in [6.45, 7) is 8.82. The molecular weight excluding hydrogens is 601 g/mol. The van der Waals surface area contributed by atoms with Crippen molar-refractivity contribution in [2.24, 2.45) is 0 Å². The molecule has 0 bridgehead atoms. The minimum Gasteiger partial charge on any atom is -0.456 e. The third-order valence-corrected chi connectivity index (χ3v) is 10.4. The lowest BCUT2D eigenvalue weighted by molar-refractivity contribution is 0.647. The van der Waals surface area contributed by atoms with Gasteiger partial charge in [0.25, 0.3) is 0 Å². The summed E-state index contributed by atoms with van der Waals surface area (Å²) in [7, 11) is 0. The van der Waals surface area contributed by atoms with E-state index < -0.39 is 0 Å².